The normalized spacial score (nSPS) is 20.2. The molecule has 1 heterocycles. The standard InChI is InChI=1S/C21H22F4N2OS/c22-19-8-3-15(21(23,24)25)11-20(19)29-26-16-9-10-27(13-16)12-14-1-4-17(5-2-14)28-18-6-7-18/h1-5,8,11,16,18,26H,6-7,9-10,12-13H2. The molecule has 1 saturated carbocycles. The lowest BCUT2D eigenvalue weighted by molar-refractivity contribution is -0.137. The van der Waals surface area contributed by atoms with Crippen molar-refractivity contribution in [1.29, 1.82) is 0 Å². The van der Waals surface area contributed by atoms with Crippen molar-refractivity contribution in [3.05, 3.63) is 59.4 Å². The maximum Gasteiger partial charge on any atom is 0.416 e. The van der Waals surface area contributed by atoms with Gasteiger partial charge in [-0.05, 0) is 67.1 Å². The zero-order chi connectivity index (χ0) is 20.4. The predicted molar refractivity (Wildman–Crippen MR) is 104 cm³/mol. The van der Waals surface area contributed by atoms with E-state index in [2.05, 4.69) is 21.8 Å². The van der Waals surface area contributed by atoms with E-state index in [9.17, 15) is 17.6 Å². The van der Waals surface area contributed by atoms with Crippen LogP contribution in [-0.2, 0) is 12.7 Å². The summed E-state index contributed by atoms with van der Waals surface area (Å²) in [6.45, 7) is 2.43. The monoisotopic (exact) mass is 426 g/mol. The lowest BCUT2D eigenvalue weighted by atomic mass is 10.2. The minimum Gasteiger partial charge on any atom is -0.490 e. The molecular weight excluding hydrogens is 404 g/mol. The molecule has 1 N–H and O–H groups in total. The van der Waals surface area contributed by atoms with Gasteiger partial charge in [0, 0.05) is 25.7 Å². The number of ether oxygens (including phenoxy) is 1. The molecule has 1 aliphatic heterocycles. The van der Waals surface area contributed by atoms with Crippen molar-refractivity contribution in [1.82, 2.24) is 9.62 Å². The van der Waals surface area contributed by atoms with E-state index < -0.39 is 17.6 Å². The zero-order valence-electron chi connectivity index (χ0n) is 15.7. The maximum absolute atomic E-state index is 13.9. The summed E-state index contributed by atoms with van der Waals surface area (Å²) >= 11 is 0.928. The van der Waals surface area contributed by atoms with Gasteiger partial charge in [-0.25, -0.2) is 4.39 Å². The lowest BCUT2D eigenvalue weighted by Gasteiger charge is -2.17. The van der Waals surface area contributed by atoms with E-state index in [0.29, 0.717) is 6.10 Å². The Balaban J connectivity index is 1.27. The highest BCUT2D eigenvalue weighted by atomic mass is 32.2. The van der Waals surface area contributed by atoms with Crippen LogP contribution in [0.3, 0.4) is 0 Å². The van der Waals surface area contributed by atoms with Crippen LogP contribution in [0, 0.1) is 5.82 Å². The Labute approximate surface area is 171 Å². The molecule has 2 aromatic carbocycles. The number of nitrogens with zero attached hydrogens (tertiary/aromatic N) is 1. The van der Waals surface area contributed by atoms with Crippen LogP contribution in [0.25, 0.3) is 0 Å². The third-order valence-electron chi connectivity index (χ3n) is 5.02. The molecule has 1 unspecified atom stereocenters. The first-order valence-electron chi connectivity index (χ1n) is 9.64. The van der Waals surface area contributed by atoms with Crippen LogP contribution < -0.4 is 9.46 Å². The van der Waals surface area contributed by atoms with E-state index in [-0.39, 0.29) is 10.9 Å². The number of rotatable bonds is 7. The highest BCUT2D eigenvalue weighted by molar-refractivity contribution is 7.97. The summed E-state index contributed by atoms with van der Waals surface area (Å²) in [5.41, 5.74) is 0.343. The minimum absolute atomic E-state index is 0.0375. The molecule has 0 spiro atoms. The first-order valence-corrected chi connectivity index (χ1v) is 10.5. The van der Waals surface area contributed by atoms with Gasteiger partial charge >= 0.3 is 6.18 Å². The first-order chi connectivity index (χ1) is 13.9. The van der Waals surface area contributed by atoms with Crippen molar-refractivity contribution in [3.63, 3.8) is 0 Å². The van der Waals surface area contributed by atoms with Gasteiger partial charge in [0.25, 0.3) is 0 Å². The van der Waals surface area contributed by atoms with Crippen molar-refractivity contribution < 1.29 is 22.3 Å². The number of hydrogen-bond acceptors (Lipinski definition) is 4. The van der Waals surface area contributed by atoms with Gasteiger partial charge in [-0.15, -0.1) is 0 Å². The SMILES string of the molecule is Fc1ccc(C(F)(F)F)cc1SNC1CCN(Cc2ccc(OC3CC3)cc2)C1. The molecule has 4 rings (SSSR count). The van der Waals surface area contributed by atoms with Crippen LogP contribution >= 0.6 is 11.9 Å². The second-order valence-electron chi connectivity index (χ2n) is 7.54. The van der Waals surface area contributed by atoms with Crippen LogP contribution in [0.5, 0.6) is 5.75 Å². The number of nitrogens with one attached hydrogen (secondary N) is 1. The smallest absolute Gasteiger partial charge is 0.416 e. The molecule has 2 aromatic rings. The zero-order valence-corrected chi connectivity index (χ0v) is 16.5. The molecule has 29 heavy (non-hydrogen) atoms. The second-order valence-corrected chi connectivity index (χ2v) is 8.42. The molecule has 0 amide bonds. The van der Waals surface area contributed by atoms with E-state index in [4.69, 9.17) is 4.74 Å². The van der Waals surface area contributed by atoms with Crippen molar-refractivity contribution in [2.24, 2.45) is 0 Å². The molecule has 2 aliphatic rings. The Hall–Kier alpha value is -1.77. The largest absolute Gasteiger partial charge is 0.490 e. The fourth-order valence-corrected chi connectivity index (χ4v) is 4.12. The lowest BCUT2D eigenvalue weighted by Crippen LogP contribution is -2.28. The quantitative estimate of drug-likeness (QED) is 0.482. The third-order valence-corrected chi connectivity index (χ3v) is 6.01. The van der Waals surface area contributed by atoms with Crippen LogP contribution in [-0.4, -0.2) is 30.1 Å². The molecule has 1 atom stereocenters. The fourth-order valence-electron chi connectivity index (χ4n) is 3.29. The molecule has 0 aromatic heterocycles. The fraction of sp³-hybridized carbons (Fsp3) is 0.429. The van der Waals surface area contributed by atoms with E-state index in [0.717, 1.165) is 74.8 Å². The van der Waals surface area contributed by atoms with Gasteiger partial charge in [0.15, 0.2) is 0 Å². The molecule has 3 nitrogen and oxygen atoms in total. The molecule has 1 aliphatic carbocycles. The van der Waals surface area contributed by atoms with Crippen molar-refractivity contribution in [2.45, 2.75) is 49.0 Å². The van der Waals surface area contributed by atoms with E-state index >= 15 is 0 Å². The Morgan fingerprint density at radius 1 is 1.07 bits per heavy atom. The van der Waals surface area contributed by atoms with Crippen LogP contribution in [0.1, 0.15) is 30.4 Å². The van der Waals surface area contributed by atoms with E-state index in [1.165, 1.54) is 5.56 Å². The highest BCUT2D eigenvalue weighted by Gasteiger charge is 2.31. The van der Waals surface area contributed by atoms with Crippen LogP contribution in [0.2, 0.25) is 0 Å². The number of halogens is 4. The third kappa shape index (κ3) is 5.65. The number of likely N-dealkylation sites (tertiary alicyclic amines) is 1. The summed E-state index contributed by atoms with van der Waals surface area (Å²) in [5, 5.41) is 0. The minimum atomic E-state index is -4.48. The average Bonchev–Trinajstić information content (AvgIpc) is 3.38. The average molecular weight is 426 g/mol. The molecule has 0 bridgehead atoms. The molecule has 8 heteroatoms. The summed E-state index contributed by atoms with van der Waals surface area (Å²) in [6, 6.07) is 10.7. The van der Waals surface area contributed by atoms with Gasteiger partial charge in [0.1, 0.15) is 11.6 Å². The van der Waals surface area contributed by atoms with Crippen LogP contribution in [0.15, 0.2) is 47.4 Å². The van der Waals surface area contributed by atoms with Gasteiger partial charge in [-0.2, -0.15) is 13.2 Å². The Morgan fingerprint density at radius 2 is 1.83 bits per heavy atom. The molecule has 0 radical (unpaired) electrons. The van der Waals surface area contributed by atoms with Crippen molar-refractivity contribution >= 4 is 11.9 Å². The highest BCUT2D eigenvalue weighted by Crippen LogP contribution is 2.33. The molecular formula is C21H22F4N2OS. The predicted octanol–water partition coefficient (Wildman–Crippen LogP) is 5.26. The summed E-state index contributed by atoms with van der Waals surface area (Å²) in [4.78, 5) is 2.24. The van der Waals surface area contributed by atoms with Gasteiger partial charge < -0.3 is 4.74 Å². The molecule has 2 fully saturated rings. The van der Waals surface area contributed by atoms with Crippen molar-refractivity contribution in [2.75, 3.05) is 13.1 Å². The van der Waals surface area contributed by atoms with Gasteiger partial charge in [-0.1, -0.05) is 12.1 Å². The first kappa shape index (κ1) is 20.5. The van der Waals surface area contributed by atoms with E-state index in [1.807, 2.05) is 12.1 Å². The van der Waals surface area contributed by atoms with Gasteiger partial charge in [0.2, 0.25) is 0 Å². The van der Waals surface area contributed by atoms with Gasteiger partial charge in [-0.3, -0.25) is 9.62 Å². The molecule has 1 saturated heterocycles. The number of alkyl halides is 3. The summed E-state index contributed by atoms with van der Waals surface area (Å²) in [6.07, 6.45) is -0.980. The summed E-state index contributed by atoms with van der Waals surface area (Å²) < 4.78 is 61.2. The van der Waals surface area contributed by atoms with Gasteiger partial charge in [0.05, 0.1) is 16.6 Å². The van der Waals surface area contributed by atoms with Crippen molar-refractivity contribution in [3.8, 4) is 5.75 Å². The number of hydrogen-bond donors (Lipinski definition) is 1. The Bertz CT molecular complexity index is 840. The Kier molecular flexibility index (Phi) is 6.03. The topological polar surface area (TPSA) is 24.5 Å². The molecule has 156 valence electrons. The number of benzene rings is 2. The van der Waals surface area contributed by atoms with E-state index in [1.54, 1.807) is 0 Å². The maximum atomic E-state index is 13.9. The van der Waals surface area contributed by atoms with Crippen LogP contribution in [0.4, 0.5) is 17.6 Å². The summed E-state index contributed by atoms with van der Waals surface area (Å²) in [5.74, 6) is 0.246. The second kappa shape index (κ2) is 8.53. The summed E-state index contributed by atoms with van der Waals surface area (Å²) in [7, 11) is 0. The Morgan fingerprint density at radius 3 is 2.52 bits per heavy atom.